The zero-order chi connectivity index (χ0) is 10.7. The molecule has 0 atom stereocenters. The Hall–Kier alpha value is -2.35. The van der Waals surface area contributed by atoms with Gasteiger partial charge in [0, 0.05) is 12.4 Å². The third-order valence-electron chi connectivity index (χ3n) is 1.84. The SMILES string of the molecule is Cc1ccc(-c2cnc(NC#N)nc2)o1. The first-order valence-corrected chi connectivity index (χ1v) is 4.33. The van der Waals surface area contributed by atoms with Gasteiger partial charge in [-0.2, -0.15) is 5.26 Å². The van der Waals surface area contributed by atoms with E-state index in [1.807, 2.05) is 19.1 Å². The number of nitrogens with one attached hydrogen (secondary N) is 1. The molecule has 74 valence electrons. The number of aryl methyl sites for hydroxylation is 1. The van der Waals surface area contributed by atoms with Gasteiger partial charge >= 0.3 is 0 Å². The quantitative estimate of drug-likeness (QED) is 0.592. The second kappa shape index (κ2) is 3.80. The van der Waals surface area contributed by atoms with Crippen LogP contribution >= 0.6 is 0 Å². The highest BCUT2D eigenvalue weighted by atomic mass is 16.3. The molecule has 5 heteroatoms. The highest BCUT2D eigenvalue weighted by Gasteiger charge is 2.03. The molecule has 0 amide bonds. The number of anilines is 1. The van der Waals surface area contributed by atoms with E-state index in [2.05, 4.69) is 15.3 Å². The summed E-state index contributed by atoms with van der Waals surface area (Å²) >= 11 is 0. The van der Waals surface area contributed by atoms with Crippen LogP contribution in [0, 0.1) is 18.4 Å². The van der Waals surface area contributed by atoms with Crippen molar-refractivity contribution in [1.82, 2.24) is 9.97 Å². The van der Waals surface area contributed by atoms with Gasteiger partial charge < -0.3 is 4.42 Å². The van der Waals surface area contributed by atoms with Gasteiger partial charge in [-0.05, 0) is 19.1 Å². The molecule has 2 heterocycles. The summed E-state index contributed by atoms with van der Waals surface area (Å²) in [6, 6.07) is 3.72. The molecule has 0 aliphatic heterocycles. The van der Waals surface area contributed by atoms with Crippen LogP contribution in [0.4, 0.5) is 5.95 Å². The van der Waals surface area contributed by atoms with Crippen molar-refractivity contribution in [2.24, 2.45) is 0 Å². The normalized spacial score (nSPS) is 9.60. The molecular weight excluding hydrogens is 192 g/mol. The predicted molar refractivity (Wildman–Crippen MR) is 53.7 cm³/mol. The fourth-order valence-electron chi connectivity index (χ4n) is 1.16. The molecule has 2 rings (SSSR count). The second-order valence-corrected chi connectivity index (χ2v) is 2.94. The van der Waals surface area contributed by atoms with Gasteiger partial charge in [-0.3, -0.25) is 5.32 Å². The summed E-state index contributed by atoms with van der Waals surface area (Å²) in [5.74, 6) is 1.84. The molecule has 0 aliphatic rings. The lowest BCUT2D eigenvalue weighted by molar-refractivity contribution is 0.548. The largest absolute Gasteiger partial charge is 0.461 e. The number of rotatable bonds is 2. The van der Waals surface area contributed by atoms with Gasteiger partial charge in [0.05, 0.1) is 5.56 Å². The Kier molecular flexibility index (Phi) is 2.33. The van der Waals surface area contributed by atoms with Crippen molar-refractivity contribution >= 4 is 5.95 Å². The lowest BCUT2D eigenvalue weighted by Gasteiger charge is -1.97. The molecule has 0 unspecified atom stereocenters. The molecule has 0 bridgehead atoms. The van der Waals surface area contributed by atoms with Crippen molar-refractivity contribution in [3.8, 4) is 17.5 Å². The summed E-state index contributed by atoms with van der Waals surface area (Å²) < 4.78 is 5.40. The average Bonchev–Trinajstić information content (AvgIpc) is 2.67. The van der Waals surface area contributed by atoms with Crippen molar-refractivity contribution in [2.45, 2.75) is 6.92 Å². The summed E-state index contributed by atoms with van der Waals surface area (Å²) in [7, 11) is 0. The van der Waals surface area contributed by atoms with Gasteiger partial charge in [-0.15, -0.1) is 0 Å². The maximum atomic E-state index is 8.35. The smallest absolute Gasteiger partial charge is 0.236 e. The van der Waals surface area contributed by atoms with Crippen LogP contribution in [0.2, 0.25) is 0 Å². The molecular formula is C10H8N4O. The van der Waals surface area contributed by atoms with Crippen LogP contribution in [0.3, 0.4) is 0 Å². The minimum Gasteiger partial charge on any atom is -0.461 e. The topological polar surface area (TPSA) is 74.7 Å². The monoisotopic (exact) mass is 200 g/mol. The van der Waals surface area contributed by atoms with E-state index in [1.54, 1.807) is 18.6 Å². The zero-order valence-corrected chi connectivity index (χ0v) is 8.06. The summed E-state index contributed by atoms with van der Waals surface area (Å²) in [5.41, 5.74) is 0.784. The molecule has 15 heavy (non-hydrogen) atoms. The van der Waals surface area contributed by atoms with Crippen LogP contribution in [0.25, 0.3) is 11.3 Å². The van der Waals surface area contributed by atoms with Crippen molar-refractivity contribution < 1.29 is 4.42 Å². The number of hydrogen-bond donors (Lipinski definition) is 1. The summed E-state index contributed by atoms with van der Waals surface area (Å²) in [6.07, 6.45) is 4.95. The van der Waals surface area contributed by atoms with Gasteiger partial charge in [-0.1, -0.05) is 0 Å². The molecule has 2 aromatic heterocycles. The average molecular weight is 200 g/mol. The van der Waals surface area contributed by atoms with E-state index in [0.717, 1.165) is 17.1 Å². The minimum atomic E-state index is 0.282. The maximum absolute atomic E-state index is 8.35. The van der Waals surface area contributed by atoms with E-state index in [4.69, 9.17) is 9.68 Å². The van der Waals surface area contributed by atoms with Gasteiger partial charge in [0.15, 0.2) is 6.19 Å². The van der Waals surface area contributed by atoms with Crippen molar-refractivity contribution in [3.63, 3.8) is 0 Å². The molecule has 0 aromatic carbocycles. The van der Waals surface area contributed by atoms with Crippen LogP contribution < -0.4 is 5.32 Å². The van der Waals surface area contributed by atoms with E-state index in [0.29, 0.717) is 0 Å². The molecule has 0 aliphatic carbocycles. The van der Waals surface area contributed by atoms with Crippen LogP contribution in [0.5, 0.6) is 0 Å². The van der Waals surface area contributed by atoms with Crippen LogP contribution in [0.15, 0.2) is 28.9 Å². The second-order valence-electron chi connectivity index (χ2n) is 2.94. The first-order valence-electron chi connectivity index (χ1n) is 4.33. The zero-order valence-electron chi connectivity index (χ0n) is 8.06. The molecule has 0 spiro atoms. The van der Waals surface area contributed by atoms with Crippen molar-refractivity contribution in [1.29, 1.82) is 5.26 Å². The molecule has 1 N–H and O–H groups in total. The molecule has 0 saturated carbocycles. The van der Waals surface area contributed by atoms with Crippen LogP contribution in [0.1, 0.15) is 5.76 Å². The van der Waals surface area contributed by atoms with Gasteiger partial charge in [0.1, 0.15) is 11.5 Å². The fourth-order valence-corrected chi connectivity index (χ4v) is 1.16. The summed E-state index contributed by atoms with van der Waals surface area (Å²) in [4.78, 5) is 7.90. The summed E-state index contributed by atoms with van der Waals surface area (Å²) in [5, 5.41) is 10.7. The number of aromatic nitrogens is 2. The van der Waals surface area contributed by atoms with Crippen LogP contribution in [-0.4, -0.2) is 9.97 Å². The lowest BCUT2D eigenvalue weighted by atomic mass is 10.3. The Balaban J connectivity index is 2.28. The molecule has 2 aromatic rings. The number of nitriles is 1. The summed E-state index contributed by atoms with van der Waals surface area (Å²) in [6.45, 7) is 1.87. The van der Waals surface area contributed by atoms with E-state index in [9.17, 15) is 0 Å². The molecule has 0 fully saturated rings. The van der Waals surface area contributed by atoms with Crippen LogP contribution in [-0.2, 0) is 0 Å². The molecule has 5 nitrogen and oxygen atoms in total. The third kappa shape index (κ3) is 1.94. The molecule has 0 saturated heterocycles. The highest BCUT2D eigenvalue weighted by Crippen LogP contribution is 2.20. The first kappa shape index (κ1) is 9.21. The Bertz CT molecular complexity index is 495. The Morgan fingerprint density at radius 3 is 2.60 bits per heavy atom. The number of hydrogen-bond acceptors (Lipinski definition) is 5. The lowest BCUT2D eigenvalue weighted by Crippen LogP contribution is -1.94. The molecule has 0 radical (unpaired) electrons. The minimum absolute atomic E-state index is 0.282. The van der Waals surface area contributed by atoms with Gasteiger partial charge in [-0.25, -0.2) is 9.97 Å². The number of furan rings is 1. The van der Waals surface area contributed by atoms with Crippen molar-refractivity contribution in [2.75, 3.05) is 5.32 Å². The third-order valence-corrected chi connectivity index (χ3v) is 1.84. The Labute approximate surface area is 86.4 Å². The fraction of sp³-hybridized carbons (Fsp3) is 0.100. The highest BCUT2D eigenvalue weighted by molar-refractivity contribution is 5.55. The van der Waals surface area contributed by atoms with Crippen molar-refractivity contribution in [3.05, 3.63) is 30.3 Å². The Morgan fingerprint density at radius 1 is 1.33 bits per heavy atom. The van der Waals surface area contributed by atoms with Gasteiger partial charge in [0.2, 0.25) is 5.95 Å². The first-order chi connectivity index (χ1) is 7.29. The van der Waals surface area contributed by atoms with Gasteiger partial charge in [0.25, 0.3) is 0 Å². The maximum Gasteiger partial charge on any atom is 0.236 e. The standard InChI is InChI=1S/C10H8N4O/c1-7-2-3-9(15-7)8-4-12-10(13-5-8)14-6-11/h2-5H,1H3,(H,12,13,14). The van der Waals surface area contributed by atoms with E-state index in [-0.39, 0.29) is 5.95 Å². The van der Waals surface area contributed by atoms with E-state index >= 15 is 0 Å². The van der Waals surface area contributed by atoms with E-state index < -0.39 is 0 Å². The van der Waals surface area contributed by atoms with E-state index in [1.165, 1.54) is 0 Å². The Morgan fingerprint density at radius 2 is 2.07 bits per heavy atom. The predicted octanol–water partition coefficient (Wildman–Crippen LogP) is 1.94. The number of nitrogens with zero attached hydrogens (tertiary/aromatic N) is 3.